The van der Waals surface area contributed by atoms with Gasteiger partial charge in [0.15, 0.2) is 5.69 Å². The van der Waals surface area contributed by atoms with Crippen molar-refractivity contribution in [1.29, 1.82) is 0 Å². The van der Waals surface area contributed by atoms with Crippen LogP contribution in [0.4, 0.5) is 0 Å². The van der Waals surface area contributed by atoms with Crippen molar-refractivity contribution in [2.24, 2.45) is 5.92 Å². The van der Waals surface area contributed by atoms with Gasteiger partial charge in [0.1, 0.15) is 5.03 Å². The second-order valence-corrected chi connectivity index (χ2v) is 4.35. The number of thioether (sulfide) groups is 1. The lowest BCUT2D eigenvalue weighted by Gasteiger charge is -2.07. The lowest BCUT2D eigenvalue weighted by Crippen LogP contribution is -2.05. The summed E-state index contributed by atoms with van der Waals surface area (Å²) in [6.45, 7) is 4.24. The van der Waals surface area contributed by atoms with E-state index in [-0.39, 0.29) is 5.69 Å². The van der Waals surface area contributed by atoms with E-state index in [4.69, 9.17) is 5.11 Å². The maximum atomic E-state index is 10.8. The highest BCUT2D eigenvalue weighted by Crippen LogP contribution is 2.21. The molecule has 0 fully saturated rings. The number of carboxylic acid groups (broad SMARTS) is 1. The molecule has 1 aromatic rings. The van der Waals surface area contributed by atoms with Crippen molar-refractivity contribution in [3.63, 3.8) is 0 Å². The van der Waals surface area contributed by atoms with Crippen molar-refractivity contribution in [3.8, 4) is 0 Å². The normalized spacial score (nSPS) is 12.4. The zero-order valence-electron chi connectivity index (χ0n) is 8.80. The molecule has 0 amide bonds. The minimum absolute atomic E-state index is 0.0470. The quantitative estimate of drug-likeness (QED) is 0.780. The summed E-state index contributed by atoms with van der Waals surface area (Å²) < 4.78 is 0. The number of hydrogen-bond donors (Lipinski definition) is 1. The molecule has 1 atom stereocenters. The molecule has 0 aliphatic carbocycles. The molecular formula is C10H14N2O2S. The van der Waals surface area contributed by atoms with Crippen LogP contribution in [0, 0.1) is 5.92 Å². The van der Waals surface area contributed by atoms with Crippen LogP contribution in [-0.4, -0.2) is 26.8 Å². The van der Waals surface area contributed by atoms with Crippen LogP contribution < -0.4 is 0 Å². The second-order valence-electron chi connectivity index (χ2n) is 3.34. The van der Waals surface area contributed by atoms with Crippen LogP contribution in [-0.2, 0) is 0 Å². The first-order chi connectivity index (χ1) is 7.15. The van der Waals surface area contributed by atoms with Crippen molar-refractivity contribution in [2.75, 3.05) is 5.75 Å². The maximum Gasteiger partial charge on any atom is 0.357 e. The monoisotopic (exact) mass is 226 g/mol. The Hall–Kier alpha value is -1.10. The molecule has 0 spiro atoms. The van der Waals surface area contributed by atoms with Gasteiger partial charge in [-0.1, -0.05) is 20.3 Å². The summed E-state index contributed by atoms with van der Waals surface area (Å²) in [5, 5.41) is 9.38. The Labute approximate surface area is 93.1 Å². The first kappa shape index (κ1) is 12.0. The summed E-state index contributed by atoms with van der Waals surface area (Å²) in [4.78, 5) is 18.6. The van der Waals surface area contributed by atoms with Crippen molar-refractivity contribution in [1.82, 2.24) is 9.97 Å². The number of carbonyl (C=O) groups is 1. The van der Waals surface area contributed by atoms with Gasteiger partial charge in [-0.05, 0) is 5.92 Å². The highest BCUT2D eigenvalue weighted by molar-refractivity contribution is 7.99. The number of aromatic nitrogens is 2. The van der Waals surface area contributed by atoms with Crippen LogP contribution in [0.25, 0.3) is 0 Å². The molecule has 0 aromatic carbocycles. The SMILES string of the molecule is CCC(C)CSc1nccnc1C(=O)O. The Morgan fingerprint density at radius 1 is 1.53 bits per heavy atom. The predicted octanol–water partition coefficient (Wildman–Crippen LogP) is 2.31. The first-order valence-corrected chi connectivity index (χ1v) is 5.80. The first-order valence-electron chi connectivity index (χ1n) is 4.82. The molecule has 0 saturated carbocycles. The molecule has 0 aliphatic heterocycles. The molecular weight excluding hydrogens is 212 g/mol. The number of hydrogen-bond acceptors (Lipinski definition) is 4. The van der Waals surface area contributed by atoms with Crippen molar-refractivity contribution < 1.29 is 9.90 Å². The topological polar surface area (TPSA) is 63.1 Å². The van der Waals surface area contributed by atoms with Crippen molar-refractivity contribution in [3.05, 3.63) is 18.1 Å². The molecule has 15 heavy (non-hydrogen) atoms. The summed E-state index contributed by atoms with van der Waals surface area (Å²) >= 11 is 1.45. The molecule has 0 bridgehead atoms. The van der Waals surface area contributed by atoms with Gasteiger partial charge in [0.25, 0.3) is 0 Å². The molecule has 82 valence electrons. The molecule has 1 unspecified atom stereocenters. The van der Waals surface area contributed by atoms with E-state index in [0.717, 1.165) is 12.2 Å². The minimum Gasteiger partial charge on any atom is -0.476 e. The highest BCUT2D eigenvalue weighted by atomic mass is 32.2. The van der Waals surface area contributed by atoms with Gasteiger partial charge >= 0.3 is 5.97 Å². The Kier molecular flexibility index (Phi) is 4.55. The van der Waals surface area contributed by atoms with E-state index in [1.54, 1.807) is 0 Å². The largest absolute Gasteiger partial charge is 0.476 e. The van der Waals surface area contributed by atoms with Crippen LogP contribution in [0.15, 0.2) is 17.4 Å². The molecule has 0 saturated heterocycles. The zero-order valence-corrected chi connectivity index (χ0v) is 9.62. The summed E-state index contributed by atoms with van der Waals surface area (Å²) in [6, 6.07) is 0. The Balaban J connectivity index is 2.72. The van der Waals surface area contributed by atoms with E-state index in [0.29, 0.717) is 10.9 Å². The lowest BCUT2D eigenvalue weighted by atomic mass is 10.2. The zero-order chi connectivity index (χ0) is 11.3. The molecule has 1 heterocycles. The minimum atomic E-state index is -1.02. The molecule has 4 nitrogen and oxygen atoms in total. The summed E-state index contributed by atoms with van der Waals surface area (Å²) in [7, 11) is 0. The van der Waals surface area contributed by atoms with Gasteiger partial charge in [0, 0.05) is 18.1 Å². The van der Waals surface area contributed by atoms with Gasteiger partial charge in [0.2, 0.25) is 0 Å². The van der Waals surface area contributed by atoms with Crippen molar-refractivity contribution in [2.45, 2.75) is 25.3 Å². The average molecular weight is 226 g/mol. The number of aromatic carboxylic acids is 1. The van der Waals surface area contributed by atoms with Crippen LogP contribution in [0.5, 0.6) is 0 Å². The van der Waals surface area contributed by atoms with Gasteiger partial charge in [-0.2, -0.15) is 0 Å². The van der Waals surface area contributed by atoms with E-state index >= 15 is 0 Å². The van der Waals surface area contributed by atoms with E-state index in [2.05, 4.69) is 23.8 Å². The number of carboxylic acids is 1. The van der Waals surface area contributed by atoms with Gasteiger partial charge in [-0.3, -0.25) is 0 Å². The molecule has 1 aromatic heterocycles. The van der Waals surface area contributed by atoms with Crippen LogP contribution in [0.2, 0.25) is 0 Å². The Morgan fingerprint density at radius 2 is 2.20 bits per heavy atom. The molecule has 1 rings (SSSR count). The van der Waals surface area contributed by atoms with Gasteiger partial charge in [-0.25, -0.2) is 14.8 Å². The Bertz CT molecular complexity index is 344. The third-order valence-electron chi connectivity index (χ3n) is 2.07. The van der Waals surface area contributed by atoms with Gasteiger partial charge in [0.05, 0.1) is 0 Å². The van der Waals surface area contributed by atoms with Crippen LogP contribution >= 0.6 is 11.8 Å². The predicted molar refractivity (Wildman–Crippen MR) is 59.2 cm³/mol. The van der Waals surface area contributed by atoms with E-state index in [1.807, 2.05) is 0 Å². The summed E-state index contributed by atoms with van der Waals surface area (Å²) in [5.74, 6) is 0.406. The Morgan fingerprint density at radius 3 is 2.80 bits per heavy atom. The summed E-state index contributed by atoms with van der Waals surface area (Å²) in [5.41, 5.74) is 0.0470. The van der Waals surface area contributed by atoms with Gasteiger partial charge < -0.3 is 5.11 Å². The lowest BCUT2D eigenvalue weighted by molar-refractivity contribution is 0.0685. The second kappa shape index (κ2) is 5.70. The van der Waals surface area contributed by atoms with Crippen molar-refractivity contribution >= 4 is 17.7 Å². The van der Waals surface area contributed by atoms with E-state index in [9.17, 15) is 4.79 Å². The van der Waals surface area contributed by atoms with E-state index < -0.39 is 5.97 Å². The number of nitrogens with zero attached hydrogens (tertiary/aromatic N) is 2. The smallest absolute Gasteiger partial charge is 0.357 e. The van der Waals surface area contributed by atoms with Gasteiger partial charge in [-0.15, -0.1) is 11.8 Å². The van der Waals surface area contributed by atoms with Crippen LogP contribution in [0.1, 0.15) is 30.8 Å². The fourth-order valence-electron chi connectivity index (χ4n) is 0.917. The molecule has 0 radical (unpaired) electrons. The average Bonchev–Trinajstić information content (AvgIpc) is 2.26. The maximum absolute atomic E-state index is 10.8. The standard InChI is InChI=1S/C10H14N2O2S/c1-3-7(2)6-15-9-8(10(13)14)11-4-5-12-9/h4-5,7H,3,6H2,1-2H3,(H,13,14). The fraction of sp³-hybridized carbons (Fsp3) is 0.500. The van der Waals surface area contributed by atoms with Crippen LogP contribution in [0.3, 0.4) is 0 Å². The highest BCUT2D eigenvalue weighted by Gasteiger charge is 2.13. The number of rotatable bonds is 5. The molecule has 1 N–H and O–H groups in total. The molecule has 0 aliphatic rings. The fourth-order valence-corrected chi connectivity index (χ4v) is 2.01. The molecule has 5 heteroatoms. The summed E-state index contributed by atoms with van der Waals surface area (Å²) in [6.07, 6.45) is 4.00. The third kappa shape index (κ3) is 3.51. The third-order valence-corrected chi connectivity index (χ3v) is 3.38. The van der Waals surface area contributed by atoms with E-state index in [1.165, 1.54) is 24.2 Å².